The molecule has 1 heterocycles. The third-order valence-electron chi connectivity index (χ3n) is 6.52. The van der Waals surface area contributed by atoms with Gasteiger partial charge in [0.2, 0.25) is 6.17 Å². The van der Waals surface area contributed by atoms with Crippen molar-refractivity contribution < 1.29 is 0 Å². The van der Waals surface area contributed by atoms with E-state index < -0.39 is 0 Å². The number of nitrogens with zero attached hydrogens (tertiary/aromatic N) is 2. The minimum atomic E-state index is 0.502. The molecule has 0 saturated heterocycles. The van der Waals surface area contributed by atoms with E-state index in [2.05, 4.69) is 54.2 Å². The Balaban J connectivity index is 1.93. The summed E-state index contributed by atoms with van der Waals surface area (Å²) in [5.74, 6) is 1.15. The maximum atomic E-state index is 4.67. The molecule has 0 fully saturated rings. The van der Waals surface area contributed by atoms with Crippen LogP contribution < -0.4 is 0 Å². The summed E-state index contributed by atoms with van der Waals surface area (Å²) in [5, 5.41) is 0. The van der Waals surface area contributed by atoms with Gasteiger partial charge in [0.05, 0.1) is 5.92 Å². The van der Waals surface area contributed by atoms with E-state index in [0.717, 1.165) is 12.6 Å². The molecule has 0 aromatic heterocycles. The maximum Gasteiger partial charge on any atom is 0.244 e. The topological polar surface area (TPSA) is 24.7 Å². The lowest BCUT2D eigenvalue weighted by Gasteiger charge is -2.26. The second kappa shape index (κ2) is 16.2. The molecule has 2 atom stereocenters. The highest BCUT2D eigenvalue weighted by Gasteiger charge is 2.35. The molecule has 0 radical (unpaired) electrons. The zero-order valence-electron chi connectivity index (χ0n) is 19.7. The molecule has 0 saturated carbocycles. The van der Waals surface area contributed by atoms with Crippen LogP contribution >= 0.6 is 0 Å². The molecule has 0 N–H and O–H groups in total. The Bertz CT molecular complexity index is 566. The van der Waals surface area contributed by atoms with Gasteiger partial charge >= 0.3 is 0 Å². The molecule has 2 heteroatoms. The Hall–Kier alpha value is -1.57. The van der Waals surface area contributed by atoms with Gasteiger partial charge in [-0.15, -0.1) is 0 Å². The summed E-state index contributed by atoms with van der Waals surface area (Å²) < 4.78 is 0. The summed E-state index contributed by atoms with van der Waals surface area (Å²) in [5.41, 5.74) is 1.46. The normalized spacial score (nSPS) is 15.1. The average molecular weight is 410 g/mol. The van der Waals surface area contributed by atoms with Gasteiger partial charge in [-0.1, -0.05) is 131 Å². The maximum absolute atomic E-state index is 4.67. The highest BCUT2D eigenvalue weighted by atomic mass is 15.0. The third kappa shape index (κ3) is 9.96. The van der Waals surface area contributed by atoms with E-state index in [1.165, 1.54) is 95.5 Å². The Morgan fingerprint density at radius 3 is 1.80 bits per heavy atom. The highest BCUT2D eigenvalue weighted by Crippen LogP contribution is 2.37. The molecule has 1 aliphatic rings. The first-order valence-corrected chi connectivity index (χ1v) is 12.8. The van der Waals surface area contributed by atoms with Crippen molar-refractivity contribution in [2.45, 2.75) is 110 Å². The second-order valence-electron chi connectivity index (χ2n) is 9.08. The van der Waals surface area contributed by atoms with Crippen molar-refractivity contribution in [3.63, 3.8) is 0 Å². The monoisotopic (exact) mass is 409 g/mol. The van der Waals surface area contributed by atoms with Crippen LogP contribution in [0.25, 0.3) is 0 Å². The van der Waals surface area contributed by atoms with Crippen LogP contribution in [0.2, 0.25) is 0 Å². The van der Waals surface area contributed by atoms with Gasteiger partial charge in [0, 0.05) is 0 Å². The predicted octanol–water partition coefficient (Wildman–Crippen LogP) is 8.61. The van der Waals surface area contributed by atoms with E-state index in [1.54, 1.807) is 0 Å². The lowest BCUT2D eigenvalue weighted by atomic mass is 9.78. The fraction of sp³-hybridized carbons (Fsp3) is 0.679. The van der Waals surface area contributed by atoms with Gasteiger partial charge in [0.1, 0.15) is 0 Å². The third-order valence-corrected chi connectivity index (χ3v) is 6.52. The van der Waals surface area contributed by atoms with E-state index in [0.29, 0.717) is 11.8 Å². The van der Waals surface area contributed by atoms with Crippen LogP contribution in [0.15, 0.2) is 40.3 Å². The van der Waals surface area contributed by atoms with Gasteiger partial charge in [0.15, 0.2) is 12.4 Å². The van der Waals surface area contributed by atoms with Crippen LogP contribution in [-0.2, 0) is 6.42 Å². The fourth-order valence-corrected chi connectivity index (χ4v) is 4.71. The van der Waals surface area contributed by atoms with E-state index >= 15 is 0 Å². The molecule has 30 heavy (non-hydrogen) atoms. The van der Waals surface area contributed by atoms with Crippen molar-refractivity contribution in [2.24, 2.45) is 21.8 Å². The molecule has 0 aliphatic carbocycles. The van der Waals surface area contributed by atoms with Crippen LogP contribution in [0, 0.1) is 18.0 Å². The molecule has 166 valence electrons. The van der Waals surface area contributed by atoms with Crippen LogP contribution in [0.3, 0.4) is 0 Å². The first-order chi connectivity index (χ1) is 14.8. The average Bonchev–Trinajstić information content (AvgIpc) is 3.30. The Morgan fingerprint density at radius 2 is 1.20 bits per heavy atom. The number of hydrogen-bond acceptors (Lipinski definition) is 2. The first kappa shape index (κ1) is 24.7. The molecule has 0 amide bonds. The summed E-state index contributed by atoms with van der Waals surface area (Å²) in [7, 11) is 0. The predicted molar refractivity (Wildman–Crippen MR) is 133 cm³/mol. The van der Waals surface area contributed by atoms with Gasteiger partial charge in [-0.2, -0.15) is 0 Å². The molecule has 2 unspecified atom stereocenters. The van der Waals surface area contributed by atoms with Crippen molar-refractivity contribution in [1.82, 2.24) is 0 Å². The molecule has 0 bridgehead atoms. The van der Waals surface area contributed by atoms with Crippen molar-refractivity contribution in [2.75, 3.05) is 0 Å². The largest absolute Gasteiger partial charge is 0.244 e. The van der Waals surface area contributed by atoms with Crippen molar-refractivity contribution in [3.8, 4) is 0 Å². The number of benzene rings is 1. The molecule has 1 aliphatic heterocycles. The van der Waals surface area contributed by atoms with Crippen molar-refractivity contribution in [3.05, 3.63) is 42.1 Å². The number of unbranched alkanes of at least 4 members (excludes halogenated alkanes) is 10. The standard InChI is InChI=1S/C28H45N2/c1-3-5-7-9-10-12-17-21-27(28-29-22-23-30-28)26(20-16-11-8-6-4-2)24-25-18-14-13-15-19-25/h13-15,18-19,22-23,26-27H,3-12,16-17,20-21,24H2,1-2H3/q+1. The quantitative estimate of drug-likeness (QED) is 0.171. The molecule has 2 rings (SSSR count). The number of aliphatic imine (C=N–C) groups is 2. The van der Waals surface area contributed by atoms with Gasteiger partial charge in [0.25, 0.3) is 0 Å². The van der Waals surface area contributed by atoms with E-state index in [1.807, 2.05) is 12.4 Å². The number of hydrogen-bond donors (Lipinski definition) is 0. The van der Waals surface area contributed by atoms with Crippen LogP contribution in [0.4, 0.5) is 0 Å². The lowest BCUT2D eigenvalue weighted by Crippen LogP contribution is -2.22. The van der Waals surface area contributed by atoms with Crippen molar-refractivity contribution >= 4 is 12.4 Å². The summed E-state index contributed by atoms with van der Waals surface area (Å²) in [6.07, 6.45) is 24.9. The summed E-state index contributed by atoms with van der Waals surface area (Å²) >= 11 is 0. The minimum Gasteiger partial charge on any atom is -0.0965 e. The van der Waals surface area contributed by atoms with E-state index in [-0.39, 0.29) is 0 Å². The minimum absolute atomic E-state index is 0.502. The molecular formula is C28H45N2+. The Labute approximate surface area is 186 Å². The summed E-state index contributed by atoms with van der Waals surface area (Å²) in [6.45, 7) is 4.59. The summed E-state index contributed by atoms with van der Waals surface area (Å²) in [4.78, 5) is 9.33. The van der Waals surface area contributed by atoms with E-state index in [4.69, 9.17) is 0 Å². The summed E-state index contributed by atoms with van der Waals surface area (Å²) in [6, 6.07) is 11.1. The van der Waals surface area contributed by atoms with Gasteiger partial charge in [-0.05, 0) is 30.7 Å². The molecule has 1 aromatic carbocycles. The molecule has 0 spiro atoms. The Morgan fingerprint density at radius 1 is 0.667 bits per heavy atom. The highest BCUT2D eigenvalue weighted by molar-refractivity contribution is 6.18. The number of rotatable bonds is 18. The smallest absolute Gasteiger partial charge is 0.0965 e. The fourth-order valence-electron chi connectivity index (χ4n) is 4.71. The van der Waals surface area contributed by atoms with Crippen LogP contribution in [-0.4, -0.2) is 12.4 Å². The van der Waals surface area contributed by atoms with Crippen LogP contribution in [0.1, 0.15) is 109 Å². The van der Waals surface area contributed by atoms with Crippen LogP contribution in [0.5, 0.6) is 0 Å². The SMILES string of the molecule is CCCCCCCCCC([C+]1N=CC=N1)C(CCCCCCC)Cc1ccccc1. The van der Waals surface area contributed by atoms with Gasteiger partial charge in [-0.3, -0.25) is 0 Å². The van der Waals surface area contributed by atoms with Gasteiger partial charge in [-0.25, -0.2) is 0 Å². The Kier molecular flexibility index (Phi) is 13.3. The zero-order chi connectivity index (χ0) is 21.3. The van der Waals surface area contributed by atoms with Gasteiger partial charge < -0.3 is 0 Å². The first-order valence-electron chi connectivity index (χ1n) is 12.8. The molecule has 2 nitrogen and oxygen atoms in total. The molecule has 1 aromatic rings. The zero-order valence-corrected chi connectivity index (χ0v) is 19.7. The molecular weight excluding hydrogens is 364 g/mol. The van der Waals surface area contributed by atoms with E-state index in [9.17, 15) is 0 Å². The second-order valence-corrected chi connectivity index (χ2v) is 9.08. The lowest BCUT2D eigenvalue weighted by molar-refractivity contribution is 0.284. The van der Waals surface area contributed by atoms with Crippen molar-refractivity contribution in [1.29, 1.82) is 0 Å².